The number of carbonyl (C=O) groups excluding carboxylic acids is 1. The molecule has 1 fully saturated rings. The molecule has 2 heterocycles. The zero-order valence-electron chi connectivity index (χ0n) is 20.4. The van der Waals surface area contributed by atoms with Crippen LogP contribution in [-0.4, -0.2) is 54.1 Å². The fourth-order valence-electron chi connectivity index (χ4n) is 3.96. The standard InChI is InChI=1S/C13H17F2NO.C13H16N4O/c1-17-7-6-16-5-4-11(9-16)10-2-3-12(14)13(15)8-10;1-9(2)11-8-12(15-13(14)18)17(16-11)10-6-4-3-5-7-10/h2-3,8,11H,4-7,9H2,1H3;3-9H,1-2H3,(H3,14,15,18)/t11-;/m0./s1. The average Bonchev–Trinajstić information content (AvgIpc) is 3.48. The fraction of sp³-hybridized carbons (Fsp3) is 0.385. The number of benzene rings is 2. The van der Waals surface area contributed by atoms with E-state index in [1.165, 1.54) is 12.1 Å². The number of ether oxygens (including phenoxy) is 1. The van der Waals surface area contributed by atoms with E-state index in [0.29, 0.717) is 18.3 Å². The number of amides is 2. The quantitative estimate of drug-likeness (QED) is 0.499. The van der Waals surface area contributed by atoms with E-state index in [1.807, 2.05) is 50.2 Å². The number of primary amides is 1. The van der Waals surface area contributed by atoms with Crippen molar-refractivity contribution in [3.05, 3.63) is 77.5 Å². The van der Waals surface area contributed by atoms with Gasteiger partial charge in [-0.2, -0.15) is 5.10 Å². The monoisotopic (exact) mass is 485 g/mol. The van der Waals surface area contributed by atoms with Crippen LogP contribution in [0.4, 0.5) is 19.4 Å². The molecule has 1 atom stereocenters. The first-order valence-electron chi connectivity index (χ1n) is 11.7. The summed E-state index contributed by atoms with van der Waals surface area (Å²) in [6.07, 6.45) is 0.995. The van der Waals surface area contributed by atoms with Crippen LogP contribution in [0.3, 0.4) is 0 Å². The lowest BCUT2D eigenvalue weighted by Gasteiger charge is -2.15. The van der Waals surface area contributed by atoms with Crippen LogP contribution in [0.5, 0.6) is 0 Å². The van der Waals surface area contributed by atoms with Gasteiger partial charge in [-0.05, 0) is 54.6 Å². The van der Waals surface area contributed by atoms with Crippen molar-refractivity contribution in [2.45, 2.75) is 32.1 Å². The summed E-state index contributed by atoms with van der Waals surface area (Å²) >= 11 is 0. The molecule has 1 aliphatic heterocycles. The predicted octanol–water partition coefficient (Wildman–Crippen LogP) is 4.89. The van der Waals surface area contributed by atoms with Gasteiger partial charge in [-0.1, -0.05) is 38.1 Å². The highest BCUT2D eigenvalue weighted by Crippen LogP contribution is 2.28. The highest BCUT2D eigenvalue weighted by atomic mass is 19.2. The van der Waals surface area contributed by atoms with E-state index in [0.717, 1.165) is 43.0 Å². The lowest BCUT2D eigenvalue weighted by atomic mass is 9.98. The first kappa shape index (κ1) is 26.3. The number of para-hydroxylation sites is 1. The molecule has 0 bridgehead atoms. The Morgan fingerprint density at radius 1 is 1.17 bits per heavy atom. The molecular weight excluding hydrogens is 452 g/mol. The minimum atomic E-state index is -0.775. The number of carbonyl (C=O) groups is 1. The second-order valence-corrected chi connectivity index (χ2v) is 8.80. The van der Waals surface area contributed by atoms with E-state index in [2.05, 4.69) is 15.3 Å². The molecule has 188 valence electrons. The second-order valence-electron chi connectivity index (χ2n) is 8.80. The maximum absolute atomic E-state index is 13.1. The Kier molecular flexibility index (Phi) is 9.33. The Balaban J connectivity index is 0.000000196. The number of nitrogens with two attached hydrogens (primary N) is 1. The van der Waals surface area contributed by atoms with Gasteiger partial charge in [0.05, 0.1) is 18.0 Å². The summed E-state index contributed by atoms with van der Waals surface area (Å²) in [5, 5.41) is 7.07. The Bertz CT molecular complexity index is 1100. The van der Waals surface area contributed by atoms with Crippen molar-refractivity contribution < 1.29 is 18.3 Å². The third kappa shape index (κ3) is 7.34. The number of aromatic nitrogens is 2. The molecule has 0 aliphatic carbocycles. The summed E-state index contributed by atoms with van der Waals surface area (Å²) in [6.45, 7) is 7.60. The van der Waals surface area contributed by atoms with Crippen molar-refractivity contribution in [2.24, 2.45) is 5.73 Å². The van der Waals surface area contributed by atoms with Gasteiger partial charge >= 0.3 is 6.03 Å². The lowest BCUT2D eigenvalue weighted by molar-refractivity contribution is 0.160. The molecule has 1 aromatic heterocycles. The number of anilines is 1. The van der Waals surface area contributed by atoms with Gasteiger partial charge in [0.15, 0.2) is 11.6 Å². The molecule has 0 spiro atoms. The Morgan fingerprint density at radius 2 is 1.91 bits per heavy atom. The molecule has 9 heteroatoms. The number of halogens is 2. The van der Waals surface area contributed by atoms with E-state index in [1.54, 1.807) is 17.9 Å². The number of nitrogens with zero attached hydrogens (tertiary/aromatic N) is 3. The van der Waals surface area contributed by atoms with Gasteiger partial charge < -0.3 is 15.4 Å². The number of methoxy groups -OCH3 is 1. The molecule has 0 saturated carbocycles. The van der Waals surface area contributed by atoms with Crippen LogP contribution in [0.1, 0.15) is 43.4 Å². The number of likely N-dealkylation sites (tertiary alicyclic amines) is 1. The van der Waals surface area contributed by atoms with Crippen LogP contribution >= 0.6 is 0 Å². The summed E-state index contributed by atoms with van der Waals surface area (Å²) in [4.78, 5) is 13.3. The van der Waals surface area contributed by atoms with Crippen molar-refractivity contribution in [3.8, 4) is 5.69 Å². The predicted molar refractivity (Wildman–Crippen MR) is 133 cm³/mol. The van der Waals surface area contributed by atoms with Gasteiger partial charge in [-0.15, -0.1) is 0 Å². The number of hydrogen-bond donors (Lipinski definition) is 2. The maximum atomic E-state index is 13.1. The zero-order valence-corrected chi connectivity index (χ0v) is 20.4. The largest absolute Gasteiger partial charge is 0.383 e. The van der Waals surface area contributed by atoms with E-state index in [9.17, 15) is 13.6 Å². The molecule has 7 nitrogen and oxygen atoms in total. The van der Waals surface area contributed by atoms with Gasteiger partial charge in [0.1, 0.15) is 5.82 Å². The topological polar surface area (TPSA) is 85.4 Å². The summed E-state index contributed by atoms with van der Waals surface area (Å²) in [5.41, 5.74) is 7.85. The molecular formula is C26H33F2N5O2. The van der Waals surface area contributed by atoms with Gasteiger partial charge in [0.25, 0.3) is 0 Å². The molecule has 3 aromatic rings. The van der Waals surface area contributed by atoms with Crippen LogP contribution in [0, 0.1) is 11.6 Å². The van der Waals surface area contributed by atoms with Gasteiger partial charge in [0, 0.05) is 26.3 Å². The second kappa shape index (κ2) is 12.4. The molecule has 1 aliphatic rings. The summed E-state index contributed by atoms with van der Waals surface area (Å²) < 4.78 is 32.7. The molecule has 1 saturated heterocycles. The first-order chi connectivity index (χ1) is 16.8. The number of urea groups is 1. The number of hydrogen-bond acceptors (Lipinski definition) is 4. The molecule has 2 amide bonds. The summed E-state index contributed by atoms with van der Waals surface area (Å²) in [7, 11) is 1.68. The van der Waals surface area contributed by atoms with Crippen LogP contribution in [0.2, 0.25) is 0 Å². The van der Waals surface area contributed by atoms with Gasteiger partial charge in [-0.25, -0.2) is 18.3 Å². The molecule has 3 N–H and O–H groups in total. The van der Waals surface area contributed by atoms with Gasteiger partial charge in [0.2, 0.25) is 0 Å². The number of nitrogens with one attached hydrogen (secondary N) is 1. The summed E-state index contributed by atoms with van der Waals surface area (Å²) in [5.74, 6) is -0.358. The molecule has 0 unspecified atom stereocenters. The van der Waals surface area contributed by atoms with E-state index in [-0.39, 0.29) is 5.92 Å². The first-order valence-corrected chi connectivity index (χ1v) is 11.7. The Labute approximate surface area is 204 Å². The van der Waals surface area contributed by atoms with Crippen molar-refractivity contribution in [2.75, 3.05) is 38.7 Å². The molecule has 2 aromatic carbocycles. The van der Waals surface area contributed by atoms with Gasteiger partial charge in [-0.3, -0.25) is 5.32 Å². The maximum Gasteiger partial charge on any atom is 0.317 e. The number of rotatable bonds is 7. The van der Waals surface area contributed by atoms with Crippen LogP contribution < -0.4 is 11.1 Å². The van der Waals surface area contributed by atoms with Crippen molar-refractivity contribution in [3.63, 3.8) is 0 Å². The minimum absolute atomic E-state index is 0.281. The normalized spacial score (nSPS) is 15.7. The van der Waals surface area contributed by atoms with Crippen molar-refractivity contribution >= 4 is 11.8 Å². The minimum Gasteiger partial charge on any atom is -0.383 e. The zero-order chi connectivity index (χ0) is 25.4. The smallest absolute Gasteiger partial charge is 0.317 e. The third-order valence-corrected chi connectivity index (χ3v) is 5.87. The fourth-order valence-corrected chi connectivity index (χ4v) is 3.96. The Morgan fingerprint density at radius 3 is 2.54 bits per heavy atom. The van der Waals surface area contributed by atoms with E-state index >= 15 is 0 Å². The van der Waals surface area contributed by atoms with E-state index in [4.69, 9.17) is 10.5 Å². The molecule has 4 rings (SSSR count). The van der Waals surface area contributed by atoms with Crippen LogP contribution in [-0.2, 0) is 4.74 Å². The third-order valence-electron chi connectivity index (χ3n) is 5.87. The molecule has 0 radical (unpaired) electrons. The van der Waals surface area contributed by atoms with E-state index < -0.39 is 17.7 Å². The average molecular weight is 486 g/mol. The van der Waals surface area contributed by atoms with Crippen molar-refractivity contribution in [1.82, 2.24) is 14.7 Å². The lowest BCUT2D eigenvalue weighted by Crippen LogP contribution is -2.24. The SMILES string of the molecule is CC(C)c1cc(NC(N)=O)n(-c2ccccc2)n1.COCCN1CC[C@H](c2ccc(F)c(F)c2)C1. The highest BCUT2D eigenvalue weighted by Gasteiger charge is 2.24. The van der Waals surface area contributed by atoms with Crippen LogP contribution in [0.25, 0.3) is 5.69 Å². The Hall–Kier alpha value is -3.30. The summed E-state index contributed by atoms with van der Waals surface area (Å²) in [6, 6.07) is 15.1. The molecule has 35 heavy (non-hydrogen) atoms. The highest BCUT2D eigenvalue weighted by molar-refractivity contribution is 5.87. The van der Waals surface area contributed by atoms with Crippen LogP contribution in [0.15, 0.2) is 54.6 Å². The van der Waals surface area contributed by atoms with Crippen molar-refractivity contribution in [1.29, 1.82) is 0 Å².